The van der Waals surface area contributed by atoms with Crippen LogP contribution in [0.5, 0.6) is 0 Å². The summed E-state index contributed by atoms with van der Waals surface area (Å²) in [6.07, 6.45) is 0.867. The minimum Gasteiger partial charge on any atom is -0.370 e. The normalized spacial score (nSPS) is 10.6. The van der Waals surface area contributed by atoms with Crippen LogP contribution in [-0.2, 0) is 13.0 Å². The van der Waals surface area contributed by atoms with Crippen molar-refractivity contribution in [1.82, 2.24) is 9.97 Å². The van der Waals surface area contributed by atoms with E-state index in [2.05, 4.69) is 26.7 Å². The predicted molar refractivity (Wildman–Crippen MR) is 109 cm³/mol. The number of hydrogen-bond donors (Lipinski definition) is 2. The number of anilines is 2. The van der Waals surface area contributed by atoms with Crippen molar-refractivity contribution < 1.29 is 0 Å². The van der Waals surface area contributed by atoms with Gasteiger partial charge in [0.05, 0.1) is 0 Å². The van der Waals surface area contributed by atoms with Crippen molar-refractivity contribution >= 4 is 35.0 Å². The van der Waals surface area contributed by atoms with Gasteiger partial charge in [-0.05, 0) is 42.7 Å². The lowest BCUT2D eigenvalue weighted by Crippen LogP contribution is -2.10. The zero-order valence-corrected chi connectivity index (χ0v) is 16.0. The summed E-state index contributed by atoms with van der Waals surface area (Å²) < 4.78 is 0. The quantitative estimate of drug-likeness (QED) is 0.573. The summed E-state index contributed by atoms with van der Waals surface area (Å²) in [5, 5.41) is 8.06. The Bertz CT molecular complexity index is 883. The van der Waals surface area contributed by atoms with Crippen LogP contribution in [0, 0.1) is 6.92 Å². The zero-order chi connectivity index (χ0) is 18.4. The van der Waals surface area contributed by atoms with E-state index < -0.39 is 0 Å². The summed E-state index contributed by atoms with van der Waals surface area (Å²) in [7, 11) is 0. The van der Waals surface area contributed by atoms with Gasteiger partial charge in [0.15, 0.2) is 0 Å². The fourth-order valence-corrected chi connectivity index (χ4v) is 3.00. The van der Waals surface area contributed by atoms with Crippen molar-refractivity contribution in [3.05, 3.63) is 81.5 Å². The second kappa shape index (κ2) is 8.88. The molecule has 2 aromatic carbocycles. The molecule has 0 fully saturated rings. The zero-order valence-electron chi connectivity index (χ0n) is 14.5. The van der Waals surface area contributed by atoms with Gasteiger partial charge in [0, 0.05) is 34.9 Å². The lowest BCUT2D eigenvalue weighted by molar-refractivity contribution is 0.982. The molecule has 3 rings (SSSR count). The van der Waals surface area contributed by atoms with E-state index in [0.29, 0.717) is 12.5 Å². The van der Waals surface area contributed by atoms with Crippen molar-refractivity contribution in [3.8, 4) is 0 Å². The SMILES string of the molecule is Cc1cc(NCCc2cccc(Cl)c2)nc(NCc2ccccc2Cl)n1. The molecule has 1 aromatic heterocycles. The van der Waals surface area contributed by atoms with Gasteiger partial charge in [-0.25, -0.2) is 4.98 Å². The van der Waals surface area contributed by atoms with Crippen LogP contribution >= 0.6 is 23.2 Å². The lowest BCUT2D eigenvalue weighted by atomic mass is 10.1. The molecule has 0 radical (unpaired) electrons. The number of benzene rings is 2. The molecule has 0 bridgehead atoms. The number of rotatable bonds is 7. The molecule has 6 heteroatoms. The van der Waals surface area contributed by atoms with Gasteiger partial charge in [-0.3, -0.25) is 0 Å². The van der Waals surface area contributed by atoms with Gasteiger partial charge < -0.3 is 10.6 Å². The highest BCUT2D eigenvalue weighted by Gasteiger charge is 2.04. The van der Waals surface area contributed by atoms with Gasteiger partial charge in [-0.15, -0.1) is 0 Å². The molecule has 0 aliphatic carbocycles. The van der Waals surface area contributed by atoms with Crippen molar-refractivity contribution in [1.29, 1.82) is 0 Å². The Balaban J connectivity index is 1.59. The van der Waals surface area contributed by atoms with E-state index >= 15 is 0 Å². The van der Waals surface area contributed by atoms with Crippen LogP contribution < -0.4 is 10.6 Å². The van der Waals surface area contributed by atoms with E-state index in [4.69, 9.17) is 23.2 Å². The Hall–Kier alpha value is -2.30. The molecule has 0 atom stereocenters. The Labute approximate surface area is 163 Å². The number of nitrogens with zero attached hydrogens (tertiary/aromatic N) is 2. The van der Waals surface area contributed by atoms with Gasteiger partial charge >= 0.3 is 0 Å². The van der Waals surface area contributed by atoms with Gasteiger partial charge in [-0.1, -0.05) is 53.5 Å². The van der Waals surface area contributed by atoms with Gasteiger partial charge in [-0.2, -0.15) is 4.98 Å². The highest BCUT2D eigenvalue weighted by Crippen LogP contribution is 2.17. The van der Waals surface area contributed by atoms with Crippen molar-refractivity contribution in [2.75, 3.05) is 17.2 Å². The predicted octanol–water partition coefficient (Wildman–Crippen LogP) is 5.36. The molecule has 0 aliphatic rings. The summed E-state index contributed by atoms with van der Waals surface area (Å²) in [5.74, 6) is 1.37. The van der Waals surface area contributed by atoms with Crippen LogP contribution in [0.3, 0.4) is 0 Å². The fourth-order valence-electron chi connectivity index (χ4n) is 2.58. The molecule has 26 heavy (non-hydrogen) atoms. The van der Waals surface area contributed by atoms with E-state index in [1.54, 1.807) is 0 Å². The standard InChI is InChI=1S/C20H20Cl2N4/c1-14-11-19(23-10-9-15-5-4-7-17(21)12-15)26-20(25-14)24-13-16-6-2-3-8-18(16)22/h2-8,11-12H,9-10,13H2,1H3,(H2,23,24,25,26). The number of nitrogens with one attached hydrogen (secondary N) is 2. The van der Waals surface area contributed by atoms with Gasteiger partial charge in [0.25, 0.3) is 0 Å². The highest BCUT2D eigenvalue weighted by atomic mass is 35.5. The smallest absolute Gasteiger partial charge is 0.225 e. The van der Waals surface area contributed by atoms with Crippen LogP contribution in [0.1, 0.15) is 16.8 Å². The van der Waals surface area contributed by atoms with E-state index in [-0.39, 0.29) is 0 Å². The molecular weight excluding hydrogens is 367 g/mol. The maximum atomic E-state index is 6.19. The summed E-state index contributed by atoms with van der Waals surface area (Å²) in [5.41, 5.74) is 3.09. The second-order valence-corrected chi connectivity index (χ2v) is 6.81. The molecule has 0 aliphatic heterocycles. The van der Waals surface area contributed by atoms with Crippen LogP contribution in [0.2, 0.25) is 10.0 Å². The number of halogens is 2. The van der Waals surface area contributed by atoms with Crippen molar-refractivity contribution in [2.24, 2.45) is 0 Å². The molecule has 4 nitrogen and oxygen atoms in total. The monoisotopic (exact) mass is 386 g/mol. The molecule has 3 aromatic rings. The fraction of sp³-hybridized carbons (Fsp3) is 0.200. The van der Waals surface area contributed by atoms with Gasteiger partial charge in [0.1, 0.15) is 5.82 Å². The average molecular weight is 387 g/mol. The van der Waals surface area contributed by atoms with Crippen LogP contribution in [-0.4, -0.2) is 16.5 Å². The van der Waals surface area contributed by atoms with E-state index in [1.807, 2.05) is 55.5 Å². The van der Waals surface area contributed by atoms with Gasteiger partial charge in [0.2, 0.25) is 5.95 Å². The summed E-state index contributed by atoms with van der Waals surface area (Å²) in [6, 6.07) is 17.5. The number of hydrogen-bond acceptors (Lipinski definition) is 4. The number of aryl methyl sites for hydroxylation is 1. The first-order chi connectivity index (χ1) is 12.6. The van der Waals surface area contributed by atoms with Crippen LogP contribution in [0.25, 0.3) is 0 Å². The molecule has 0 saturated heterocycles. The molecule has 2 N–H and O–H groups in total. The Morgan fingerprint density at radius 2 is 1.77 bits per heavy atom. The average Bonchev–Trinajstić information content (AvgIpc) is 2.61. The first-order valence-corrected chi connectivity index (χ1v) is 9.17. The van der Waals surface area contributed by atoms with E-state index in [9.17, 15) is 0 Å². The first kappa shape index (κ1) is 18.5. The van der Waals surface area contributed by atoms with E-state index in [1.165, 1.54) is 5.56 Å². The molecule has 1 heterocycles. The maximum Gasteiger partial charge on any atom is 0.225 e. The Morgan fingerprint density at radius 1 is 0.923 bits per heavy atom. The molecule has 0 spiro atoms. The topological polar surface area (TPSA) is 49.8 Å². The third-order valence-electron chi connectivity index (χ3n) is 3.86. The van der Waals surface area contributed by atoms with Crippen LogP contribution in [0.4, 0.5) is 11.8 Å². The first-order valence-electron chi connectivity index (χ1n) is 8.41. The second-order valence-electron chi connectivity index (χ2n) is 5.97. The Morgan fingerprint density at radius 3 is 2.58 bits per heavy atom. The third-order valence-corrected chi connectivity index (χ3v) is 4.46. The van der Waals surface area contributed by atoms with Crippen molar-refractivity contribution in [2.45, 2.75) is 19.9 Å². The minimum absolute atomic E-state index is 0.574. The third kappa shape index (κ3) is 5.35. The summed E-state index contributed by atoms with van der Waals surface area (Å²) in [6.45, 7) is 3.29. The molecule has 0 amide bonds. The molecule has 0 unspecified atom stereocenters. The molecule has 0 saturated carbocycles. The Kier molecular flexibility index (Phi) is 6.31. The lowest BCUT2D eigenvalue weighted by Gasteiger charge is -2.11. The van der Waals surface area contributed by atoms with Crippen molar-refractivity contribution in [3.63, 3.8) is 0 Å². The largest absolute Gasteiger partial charge is 0.370 e. The maximum absolute atomic E-state index is 6.19. The van der Waals surface area contributed by atoms with E-state index in [0.717, 1.165) is 40.1 Å². The van der Waals surface area contributed by atoms with Crippen LogP contribution in [0.15, 0.2) is 54.6 Å². The summed E-state index contributed by atoms with van der Waals surface area (Å²) >= 11 is 12.2. The minimum atomic E-state index is 0.574. The highest BCUT2D eigenvalue weighted by molar-refractivity contribution is 6.31. The number of aromatic nitrogens is 2. The summed E-state index contributed by atoms with van der Waals surface area (Å²) in [4.78, 5) is 8.96. The molecular formula is C20H20Cl2N4. The molecule has 134 valence electrons.